The predicted molar refractivity (Wildman–Crippen MR) is 84.5 cm³/mol. The fraction of sp³-hybridized carbons (Fsp3) is 0.312. The summed E-state index contributed by atoms with van der Waals surface area (Å²) in [5.74, 6) is -0.538. The van der Waals surface area contributed by atoms with Gasteiger partial charge in [0.1, 0.15) is 11.5 Å². The van der Waals surface area contributed by atoms with Crippen molar-refractivity contribution in [2.24, 2.45) is 0 Å². The fourth-order valence-electron chi connectivity index (χ4n) is 1.89. The van der Waals surface area contributed by atoms with E-state index in [2.05, 4.69) is 27.5 Å². The fourth-order valence-corrected chi connectivity index (χ4v) is 1.89. The third-order valence-corrected chi connectivity index (χ3v) is 3.02. The first-order chi connectivity index (χ1) is 10.6. The smallest absolute Gasteiger partial charge is 0.274 e. The van der Waals surface area contributed by atoms with Crippen molar-refractivity contribution in [3.8, 4) is 0 Å². The molecule has 0 spiro atoms. The first kappa shape index (κ1) is 15.9. The Morgan fingerprint density at radius 3 is 2.77 bits per heavy atom. The third kappa shape index (κ3) is 4.25. The molecule has 1 aromatic heterocycles. The SMILES string of the molecule is CCCCNc1nc(C)cc(C(=O)Nc2ccccc2F)n1. The zero-order chi connectivity index (χ0) is 15.9. The highest BCUT2D eigenvalue weighted by Crippen LogP contribution is 2.14. The van der Waals surface area contributed by atoms with Gasteiger partial charge in [-0.2, -0.15) is 0 Å². The lowest BCUT2D eigenvalue weighted by Crippen LogP contribution is -2.17. The molecule has 0 aliphatic heterocycles. The number of benzene rings is 1. The van der Waals surface area contributed by atoms with Crippen LogP contribution in [0, 0.1) is 12.7 Å². The molecule has 0 aliphatic rings. The van der Waals surface area contributed by atoms with Crippen molar-refractivity contribution in [3.05, 3.63) is 47.5 Å². The number of aryl methyl sites for hydroxylation is 1. The van der Waals surface area contributed by atoms with Gasteiger partial charge in [0.15, 0.2) is 0 Å². The molecule has 0 radical (unpaired) electrons. The van der Waals surface area contributed by atoms with Gasteiger partial charge >= 0.3 is 0 Å². The molecule has 6 heteroatoms. The lowest BCUT2D eigenvalue weighted by Gasteiger charge is -2.09. The average Bonchev–Trinajstić information content (AvgIpc) is 2.49. The molecule has 2 N–H and O–H groups in total. The number of halogens is 1. The van der Waals surface area contributed by atoms with E-state index in [0.29, 0.717) is 11.6 Å². The summed E-state index contributed by atoms with van der Waals surface area (Å²) in [7, 11) is 0. The lowest BCUT2D eigenvalue weighted by molar-refractivity contribution is 0.102. The maximum atomic E-state index is 13.6. The molecule has 0 bridgehead atoms. The number of carbonyl (C=O) groups excluding carboxylic acids is 1. The highest BCUT2D eigenvalue weighted by atomic mass is 19.1. The van der Waals surface area contributed by atoms with E-state index in [1.54, 1.807) is 25.1 Å². The van der Waals surface area contributed by atoms with Gasteiger partial charge < -0.3 is 10.6 Å². The van der Waals surface area contributed by atoms with Crippen molar-refractivity contribution >= 4 is 17.5 Å². The Bertz CT molecular complexity index is 660. The summed E-state index contributed by atoms with van der Waals surface area (Å²) in [5.41, 5.74) is 1.01. The molecule has 22 heavy (non-hydrogen) atoms. The minimum atomic E-state index is -0.483. The van der Waals surface area contributed by atoms with Crippen LogP contribution in [0.1, 0.15) is 35.9 Å². The van der Waals surface area contributed by atoms with Crippen molar-refractivity contribution in [1.29, 1.82) is 0 Å². The van der Waals surface area contributed by atoms with Crippen LogP contribution in [0.2, 0.25) is 0 Å². The van der Waals surface area contributed by atoms with Gasteiger partial charge in [0.2, 0.25) is 5.95 Å². The van der Waals surface area contributed by atoms with E-state index in [9.17, 15) is 9.18 Å². The second kappa shape index (κ2) is 7.49. The van der Waals surface area contributed by atoms with Crippen LogP contribution in [0.25, 0.3) is 0 Å². The van der Waals surface area contributed by atoms with Gasteiger partial charge in [-0.1, -0.05) is 25.5 Å². The van der Waals surface area contributed by atoms with E-state index < -0.39 is 11.7 Å². The largest absolute Gasteiger partial charge is 0.354 e. The first-order valence-electron chi connectivity index (χ1n) is 7.25. The second-order valence-electron chi connectivity index (χ2n) is 4.93. The molecule has 0 saturated heterocycles. The normalized spacial score (nSPS) is 10.3. The summed E-state index contributed by atoms with van der Waals surface area (Å²) in [5, 5.41) is 5.60. The van der Waals surface area contributed by atoms with Crippen molar-refractivity contribution in [2.75, 3.05) is 17.2 Å². The number of unbranched alkanes of at least 4 members (excludes halogenated alkanes) is 1. The Balaban J connectivity index is 2.13. The van der Waals surface area contributed by atoms with E-state index in [-0.39, 0.29) is 11.4 Å². The maximum Gasteiger partial charge on any atom is 0.274 e. The number of rotatable bonds is 6. The van der Waals surface area contributed by atoms with E-state index >= 15 is 0 Å². The van der Waals surface area contributed by atoms with Crippen LogP contribution in [-0.2, 0) is 0 Å². The Kier molecular flexibility index (Phi) is 5.41. The molecule has 0 aliphatic carbocycles. The summed E-state index contributed by atoms with van der Waals surface area (Å²) in [6.07, 6.45) is 2.05. The van der Waals surface area contributed by atoms with Gasteiger partial charge in [0.05, 0.1) is 5.69 Å². The number of carbonyl (C=O) groups is 1. The number of hydrogen-bond acceptors (Lipinski definition) is 4. The van der Waals surface area contributed by atoms with Crippen LogP contribution in [0.5, 0.6) is 0 Å². The topological polar surface area (TPSA) is 66.9 Å². The van der Waals surface area contributed by atoms with Crippen LogP contribution in [0.15, 0.2) is 30.3 Å². The van der Waals surface area contributed by atoms with Crippen LogP contribution >= 0.6 is 0 Å². The molecule has 0 fully saturated rings. The molecule has 5 nitrogen and oxygen atoms in total. The molecule has 0 atom stereocenters. The number of hydrogen-bond donors (Lipinski definition) is 2. The average molecular weight is 302 g/mol. The van der Waals surface area contributed by atoms with Crippen LogP contribution < -0.4 is 10.6 Å². The minimum Gasteiger partial charge on any atom is -0.354 e. The van der Waals surface area contributed by atoms with Crippen molar-refractivity contribution in [1.82, 2.24) is 9.97 Å². The van der Waals surface area contributed by atoms with Crippen molar-refractivity contribution in [2.45, 2.75) is 26.7 Å². The maximum absolute atomic E-state index is 13.6. The number of nitrogens with zero attached hydrogens (tertiary/aromatic N) is 2. The number of aromatic nitrogens is 2. The molecular formula is C16H19FN4O. The Morgan fingerprint density at radius 2 is 2.05 bits per heavy atom. The van der Waals surface area contributed by atoms with Crippen LogP contribution in [0.4, 0.5) is 16.0 Å². The molecule has 2 rings (SSSR count). The number of anilines is 2. The number of nitrogens with one attached hydrogen (secondary N) is 2. The van der Waals surface area contributed by atoms with Gasteiger partial charge in [0.25, 0.3) is 5.91 Å². The summed E-state index contributed by atoms with van der Waals surface area (Å²) in [6.45, 7) is 4.62. The highest BCUT2D eigenvalue weighted by Gasteiger charge is 2.12. The monoisotopic (exact) mass is 302 g/mol. The lowest BCUT2D eigenvalue weighted by atomic mass is 10.2. The summed E-state index contributed by atoms with van der Waals surface area (Å²) < 4.78 is 13.6. The number of para-hydroxylation sites is 1. The molecule has 1 heterocycles. The molecule has 2 aromatic rings. The molecule has 1 amide bonds. The van der Waals surface area contributed by atoms with Crippen molar-refractivity contribution in [3.63, 3.8) is 0 Å². The third-order valence-electron chi connectivity index (χ3n) is 3.02. The predicted octanol–water partition coefficient (Wildman–Crippen LogP) is 3.39. The van der Waals surface area contributed by atoms with Crippen LogP contribution in [-0.4, -0.2) is 22.4 Å². The standard InChI is InChI=1S/C16H19FN4O/c1-3-4-9-18-16-19-11(2)10-14(21-16)15(22)20-13-8-6-5-7-12(13)17/h5-8,10H,3-4,9H2,1-2H3,(H,20,22)(H,18,19,21). The summed E-state index contributed by atoms with van der Waals surface area (Å²) >= 11 is 0. The Labute approximate surface area is 129 Å². The van der Waals surface area contributed by atoms with Crippen molar-refractivity contribution < 1.29 is 9.18 Å². The zero-order valence-corrected chi connectivity index (χ0v) is 12.7. The molecule has 1 aromatic carbocycles. The van der Waals surface area contributed by atoms with Gasteiger partial charge in [-0.3, -0.25) is 4.79 Å². The molecule has 0 unspecified atom stereocenters. The van der Waals surface area contributed by atoms with Gasteiger partial charge in [-0.15, -0.1) is 0 Å². The van der Waals surface area contributed by atoms with Gasteiger partial charge in [0, 0.05) is 12.2 Å². The summed E-state index contributed by atoms with van der Waals surface area (Å²) in [4.78, 5) is 20.6. The number of amides is 1. The first-order valence-corrected chi connectivity index (χ1v) is 7.25. The van der Waals surface area contributed by atoms with E-state index in [1.807, 2.05) is 0 Å². The van der Waals surface area contributed by atoms with Crippen LogP contribution in [0.3, 0.4) is 0 Å². The summed E-state index contributed by atoms with van der Waals surface area (Å²) in [6, 6.07) is 7.58. The van der Waals surface area contributed by atoms with E-state index in [1.165, 1.54) is 12.1 Å². The second-order valence-corrected chi connectivity index (χ2v) is 4.93. The molecule has 116 valence electrons. The molecular weight excluding hydrogens is 283 g/mol. The minimum absolute atomic E-state index is 0.129. The van der Waals surface area contributed by atoms with E-state index in [0.717, 1.165) is 19.4 Å². The van der Waals surface area contributed by atoms with Gasteiger partial charge in [-0.05, 0) is 31.5 Å². The highest BCUT2D eigenvalue weighted by molar-refractivity contribution is 6.03. The Hall–Kier alpha value is -2.50. The zero-order valence-electron chi connectivity index (χ0n) is 12.7. The quantitative estimate of drug-likeness (QED) is 0.803. The van der Waals surface area contributed by atoms with Gasteiger partial charge in [-0.25, -0.2) is 14.4 Å². The molecule has 0 saturated carbocycles. The Morgan fingerprint density at radius 1 is 1.27 bits per heavy atom. The van der Waals surface area contributed by atoms with E-state index in [4.69, 9.17) is 0 Å².